The molecule has 2 rings (SSSR count). The number of aliphatic hydroxyl groups excluding tert-OH is 2. The minimum Gasteiger partial charge on any atom is -0.396 e. The number of nitrogens with zero attached hydrogens (tertiary/aromatic N) is 3. The summed E-state index contributed by atoms with van der Waals surface area (Å²) in [7, 11) is 0. The van der Waals surface area contributed by atoms with Gasteiger partial charge in [-0.2, -0.15) is 0 Å². The Morgan fingerprint density at radius 2 is 2.29 bits per heavy atom. The highest BCUT2D eigenvalue weighted by atomic mass is 16.3. The van der Waals surface area contributed by atoms with E-state index in [1.807, 2.05) is 4.57 Å². The van der Waals surface area contributed by atoms with E-state index in [9.17, 15) is 5.11 Å². The molecule has 2 N–H and O–H groups in total. The van der Waals surface area contributed by atoms with Crippen molar-refractivity contribution in [2.24, 2.45) is 0 Å². The lowest BCUT2D eigenvalue weighted by Crippen LogP contribution is -2.25. The van der Waals surface area contributed by atoms with Crippen LogP contribution in [0.2, 0.25) is 0 Å². The minimum atomic E-state index is -0.272. The van der Waals surface area contributed by atoms with Crippen LogP contribution in [-0.2, 0) is 19.4 Å². The first kappa shape index (κ1) is 9.61. The predicted octanol–water partition coefficient (Wildman–Crippen LogP) is -0.490. The van der Waals surface area contributed by atoms with Crippen molar-refractivity contribution in [3.05, 3.63) is 11.6 Å². The van der Waals surface area contributed by atoms with Crippen LogP contribution in [-0.4, -0.2) is 37.7 Å². The van der Waals surface area contributed by atoms with E-state index in [1.54, 1.807) is 0 Å². The Bertz CT molecular complexity index is 311. The Morgan fingerprint density at radius 3 is 3.07 bits per heavy atom. The number of fused-ring (bicyclic) bond motifs is 1. The number of hydrogen-bond donors (Lipinski definition) is 2. The number of rotatable bonds is 3. The van der Waals surface area contributed by atoms with Crippen molar-refractivity contribution in [3.63, 3.8) is 0 Å². The van der Waals surface area contributed by atoms with Gasteiger partial charge in [-0.1, -0.05) is 0 Å². The lowest BCUT2D eigenvalue weighted by molar-refractivity contribution is 0.129. The molecule has 0 aromatic carbocycles. The fourth-order valence-corrected chi connectivity index (χ4v) is 1.79. The van der Waals surface area contributed by atoms with Gasteiger partial charge in [-0.3, -0.25) is 0 Å². The molecule has 1 aliphatic rings. The topological polar surface area (TPSA) is 71.2 Å². The summed E-state index contributed by atoms with van der Waals surface area (Å²) in [6.07, 6.45) is 2.74. The van der Waals surface area contributed by atoms with Gasteiger partial charge in [0.15, 0.2) is 0 Å². The van der Waals surface area contributed by atoms with Crippen molar-refractivity contribution < 1.29 is 10.2 Å². The smallest absolute Gasteiger partial charge is 0.133 e. The summed E-state index contributed by atoms with van der Waals surface area (Å²) in [4.78, 5) is 0. The fraction of sp³-hybridized carbons (Fsp3) is 0.778. The molecule has 1 atom stereocenters. The fourth-order valence-electron chi connectivity index (χ4n) is 1.79. The van der Waals surface area contributed by atoms with Crippen LogP contribution in [0.25, 0.3) is 0 Å². The first-order chi connectivity index (χ1) is 6.81. The molecular weight excluding hydrogens is 182 g/mol. The van der Waals surface area contributed by atoms with Crippen LogP contribution in [0.3, 0.4) is 0 Å². The molecule has 5 heteroatoms. The van der Waals surface area contributed by atoms with Crippen LogP contribution in [0.15, 0.2) is 0 Å². The predicted molar refractivity (Wildman–Crippen MR) is 49.8 cm³/mol. The van der Waals surface area contributed by atoms with Gasteiger partial charge in [0.25, 0.3) is 0 Å². The molecule has 1 aliphatic heterocycles. The van der Waals surface area contributed by atoms with Gasteiger partial charge in [0.2, 0.25) is 0 Å². The highest BCUT2D eigenvalue weighted by Crippen LogP contribution is 2.15. The van der Waals surface area contributed by atoms with E-state index in [0.717, 1.165) is 30.9 Å². The Morgan fingerprint density at radius 1 is 1.43 bits per heavy atom. The maximum atomic E-state index is 9.50. The molecule has 0 bridgehead atoms. The zero-order valence-electron chi connectivity index (χ0n) is 8.06. The molecule has 0 spiro atoms. The molecule has 1 aromatic rings. The van der Waals surface area contributed by atoms with Crippen LogP contribution in [0, 0.1) is 0 Å². The lowest BCUT2D eigenvalue weighted by Gasteiger charge is -2.19. The third-order valence-corrected chi connectivity index (χ3v) is 2.56. The number of aliphatic hydroxyl groups is 2. The average Bonchev–Trinajstić information content (AvgIpc) is 2.57. The normalized spacial score (nSPS) is 20.9. The molecule has 0 saturated carbocycles. The molecule has 5 nitrogen and oxygen atoms in total. The van der Waals surface area contributed by atoms with Gasteiger partial charge in [-0.25, -0.2) is 0 Å². The molecule has 2 heterocycles. The summed E-state index contributed by atoms with van der Waals surface area (Å²) < 4.78 is 1.98. The molecule has 0 fully saturated rings. The van der Waals surface area contributed by atoms with E-state index in [1.165, 1.54) is 0 Å². The van der Waals surface area contributed by atoms with Crippen molar-refractivity contribution >= 4 is 0 Å². The van der Waals surface area contributed by atoms with Crippen molar-refractivity contribution in [2.75, 3.05) is 6.61 Å². The second kappa shape index (κ2) is 4.06. The molecule has 0 amide bonds. The summed E-state index contributed by atoms with van der Waals surface area (Å²) in [5, 5.41) is 26.3. The van der Waals surface area contributed by atoms with Crippen molar-refractivity contribution in [1.29, 1.82) is 0 Å². The van der Waals surface area contributed by atoms with Gasteiger partial charge in [0, 0.05) is 19.4 Å². The van der Waals surface area contributed by atoms with E-state index in [0.29, 0.717) is 13.0 Å². The van der Waals surface area contributed by atoms with Crippen molar-refractivity contribution in [3.8, 4) is 0 Å². The summed E-state index contributed by atoms with van der Waals surface area (Å²) in [5.74, 6) is 1.84. The Kier molecular flexibility index (Phi) is 2.79. The quantitative estimate of drug-likeness (QED) is 0.686. The SMILES string of the molecule is OCCCc1nnc2n1CC(O)CC2. The van der Waals surface area contributed by atoms with Crippen LogP contribution >= 0.6 is 0 Å². The van der Waals surface area contributed by atoms with Crippen molar-refractivity contribution in [2.45, 2.75) is 38.3 Å². The number of aromatic nitrogens is 3. The standard InChI is InChI=1S/C9H15N3O2/c13-5-1-2-8-10-11-9-4-3-7(14)6-12(8)9/h7,13-14H,1-6H2. The number of aryl methyl sites for hydroxylation is 2. The Hall–Kier alpha value is -0.940. The lowest BCUT2D eigenvalue weighted by atomic mass is 10.1. The minimum absolute atomic E-state index is 0.171. The van der Waals surface area contributed by atoms with Crippen LogP contribution in [0.5, 0.6) is 0 Å². The molecule has 0 radical (unpaired) electrons. The largest absolute Gasteiger partial charge is 0.396 e. The van der Waals surface area contributed by atoms with E-state index in [4.69, 9.17) is 5.11 Å². The maximum absolute atomic E-state index is 9.50. The van der Waals surface area contributed by atoms with Gasteiger partial charge in [-0.15, -0.1) is 10.2 Å². The van der Waals surface area contributed by atoms with Gasteiger partial charge in [0.05, 0.1) is 12.6 Å². The third-order valence-electron chi connectivity index (χ3n) is 2.56. The van der Waals surface area contributed by atoms with Crippen molar-refractivity contribution in [1.82, 2.24) is 14.8 Å². The molecular formula is C9H15N3O2. The Labute approximate surface area is 82.4 Å². The summed E-state index contributed by atoms with van der Waals surface area (Å²) >= 11 is 0. The zero-order valence-corrected chi connectivity index (χ0v) is 8.06. The van der Waals surface area contributed by atoms with E-state index in [-0.39, 0.29) is 12.7 Å². The van der Waals surface area contributed by atoms with Gasteiger partial charge >= 0.3 is 0 Å². The molecule has 0 aliphatic carbocycles. The second-order valence-corrected chi connectivity index (χ2v) is 3.66. The van der Waals surface area contributed by atoms with Crippen LogP contribution in [0.1, 0.15) is 24.5 Å². The molecule has 0 saturated heterocycles. The summed E-state index contributed by atoms with van der Waals surface area (Å²) in [5.41, 5.74) is 0. The summed E-state index contributed by atoms with van der Waals surface area (Å²) in [6.45, 7) is 0.772. The van der Waals surface area contributed by atoms with E-state index in [2.05, 4.69) is 10.2 Å². The maximum Gasteiger partial charge on any atom is 0.133 e. The molecule has 1 aromatic heterocycles. The first-order valence-corrected chi connectivity index (χ1v) is 5.01. The van der Waals surface area contributed by atoms with Gasteiger partial charge in [0.1, 0.15) is 11.6 Å². The first-order valence-electron chi connectivity index (χ1n) is 5.01. The zero-order chi connectivity index (χ0) is 9.97. The molecule has 1 unspecified atom stereocenters. The number of hydrogen-bond acceptors (Lipinski definition) is 4. The Balaban J connectivity index is 2.13. The second-order valence-electron chi connectivity index (χ2n) is 3.66. The van der Waals surface area contributed by atoms with Gasteiger partial charge < -0.3 is 14.8 Å². The summed E-state index contributed by atoms with van der Waals surface area (Å²) in [6, 6.07) is 0. The van der Waals surface area contributed by atoms with Gasteiger partial charge in [-0.05, 0) is 12.8 Å². The monoisotopic (exact) mass is 197 g/mol. The van der Waals surface area contributed by atoms with E-state index < -0.39 is 0 Å². The third kappa shape index (κ3) is 1.78. The average molecular weight is 197 g/mol. The van der Waals surface area contributed by atoms with E-state index >= 15 is 0 Å². The van der Waals surface area contributed by atoms with Crippen LogP contribution in [0.4, 0.5) is 0 Å². The molecule has 78 valence electrons. The highest BCUT2D eigenvalue weighted by Gasteiger charge is 2.20. The van der Waals surface area contributed by atoms with Crippen LogP contribution < -0.4 is 0 Å². The highest BCUT2D eigenvalue weighted by molar-refractivity contribution is 5.00. The molecule has 14 heavy (non-hydrogen) atoms.